The van der Waals surface area contributed by atoms with Gasteiger partial charge in [-0.2, -0.15) is 0 Å². The third kappa shape index (κ3) is 3.70. The number of nitrogens with two attached hydrogens (primary N) is 3. The normalized spacial score (nSPS) is 10.3. The molecule has 0 aliphatic rings. The largest absolute Gasteiger partial charge is 0.497 e. The molecule has 0 saturated heterocycles. The zero-order chi connectivity index (χ0) is 16.8. The van der Waals surface area contributed by atoms with Crippen LogP contribution in [0.25, 0.3) is 0 Å². The Bertz CT molecular complexity index is 704. The summed E-state index contributed by atoms with van der Waals surface area (Å²) in [7, 11) is 1.54. The highest BCUT2D eigenvalue weighted by atomic mass is 16.5. The molecule has 2 rings (SSSR count). The number of methoxy groups -OCH3 is 1. The molecule has 0 aliphatic carbocycles. The number of carbonyl (C=O) groups is 1. The van der Waals surface area contributed by atoms with Crippen molar-refractivity contribution in [3.05, 3.63) is 41.7 Å². The number of rotatable bonds is 7. The first-order chi connectivity index (χ1) is 11.1. The van der Waals surface area contributed by atoms with Gasteiger partial charge in [0.05, 0.1) is 30.7 Å². The zero-order valence-corrected chi connectivity index (χ0v) is 12.9. The van der Waals surface area contributed by atoms with Crippen LogP contribution < -0.4 is 26.7 Å². The molecule has 122 valence electrons. The van der Waals surface area contributed by atoms with Crippen LogP contribution in [0.5, 0.6) is 11.5 Å². The van der Waals surface area contributed by atoms with Crippen LogP contribution in [-0.4, -0.2) is 31.0 Å². The second-order valence-electron chi connectivity index (χ2n) is 4.84. The predicted octanol–water partition coefficient (Wildman–Crippen LogP) is 1.21. The monoisotopic (exact) mass is 316 g/mol. The number of hydrogen-bond acceptors (Lipinski definition) is 7. The summed E-state index contributed by atoms with van der Waals surface area (Å²) in [6.07, 6.45) is 2.11. The Morgan fingerprint density at radius 1 is 1.26 bits per heavy atom. The van der Waals surface area contributed by atoms with Crippen molar-refractivity contribution in [1.82, 2.24) is 4.98 Å². The topological polar surface area (TPSA) is 126 Å². The lowest BCUT2D eigenvalue weighted by Crippen LogP contribution is -2.13. The maximum Gasteiger partial charge on any atom is 0.217 e. The van der Waals surface area contributed by atoms with Gasteiger partial charge in [-0.3, -0.25) is 9.78 Å². The number of nitrogen functional groups attached to an aromatic ring is 2. The first-order valence-electron chi connectivity index (χ1n) is 7.14. The van der Waals surface area contributed by atoms with Crippen molar-refractivity contribution < 1.29 is 14.3 Å². The molecule has 1 aromatic carbocycles. The lowest BCUT2D eigenvalue weighted by Gasteiger charge is -2.13. The minimum absolute atomic E-state index is 0.0961. The van der Waals surface area contributed by atoms with E-state index in [1.807, 2.05) is 0 Å². The van der Waals surface area contributed by atoms with E-state index in [0.717, 1.165) is 0 Å². The molecule has 0 spiro atoms. The molecule has 23 heavy (non-hydrogen) atoms. The Labute approximate surface area is 134 Å². The van der Waals surface area contributed by atoms with Crippen LogP contribution in [0, 0.1) is 0 Å². The van der Waals surface area contributed by atoms with Crippen molar-refractivity contribution in [2.45, 2.75) is 6.42 Å². The molecule has 0 aliphatic heterocycles. The zero-order valence-electron chi connectivity index (χ0n) is 12.9. The molecule has 7 nitrogen and oxygen atoms in total. The standard InChI is InChI=1S/C16H20N4O3/c1-22-10-3-4-11(13(9-10)23-8-2-6-17)16(21)15-14(19)12(18)5-7-20-15/h3-5,7,9H,2,6,8,17,19H2,1H3,(H2,18,20). The number of ketones is 1. The van der Waals surface area contributed by atoms with Crippen LogP contribution in [0.15, 0.2) is 30.5 Å². The van der Waals surface area contributed by atoms with E-state index < -0.39 is 0 Å². The molecule has 1 aromatic heterocycles. The fraction of sp³-hybridized carbons (Fsp3) is 0.250. The van der Waals surface area contributed by atoms with Crippen LogP contribution in [0.2, 0.25) is 0 Å². The van der Waals surface area contributed by atoms with Gasteiger partial charge in [0.15, 0.2) is 0 Å². The van der Waals surface area contributed by atoms with Crippen LogP contribution in [0.4, 0.5) is 11.4 Å². The van der Waals surface area contributed by atoms with E-state index in [-0.39, 0.29) is 17.2 Å². The molecule has 7 heteroatoms. The smallest absolute Gasteiger partial charge is 0.217 e. The number of ether oxygens (including phenoxy) is 2. The highest BCUT2D eigenvalue weighted by molar-refractivity contribution is 6.13. The Balaban J connectivity index is 2.40. The predicted molar refractivity (Wildman–Crippen MR) is 88.7 cm³/mol. The number of pyridine rings is 1. The van der Waals surface area contributed by atoms with Crippen molar-refractivity contribution in [3.8, 4) is 11.5 Å². The summed E-state index contributed by atoms with van der Waals surface area (Å²) in [5.74, 6) is 0.615. The fourth-order valence-electron chi connectivity index (χ4n) is 2.00. The maximum atomic E-state index is 12.7. The minimum atomic E-state index is -0.361. The lowest BCUT2D eigenvalue weighted by molar-refractivity contribution is 0.103. The molecule has 1 heterocycles. The molecule has 0 atom stereocenters. The van der Waals surface area contributed by atoms with Gasteiger partial charge in [0, 0.05) is 12.3 Å². The Kier molecular flexibility index (Phi) is 5.37. The van der Waals surface area contributed by atoms with Gasteiger partial charge in [-0.25, -0.2) is 0 Å². The van der Waals surface area contributed by atoms with E-state index in [9.17, 15) is 4.79 Å². The summed E-state index contributed by atoms with van der Waals surface area (Å²) in [4.78, 5) is 16.8. The summed E-state index contributed by atoms with van der Waals surface area (Å²) < 4.78 is 10.8. The van der Waals surface area contributed by atoms with E-state index in [2.05, 4.69) is 4.98 Å². The molecule has 0 fully saturated rings. The fourth-order valence-corrected chi connectivity index (χ4v) is 2.00. The van der Waals surface area contributed by atoms with Gasteiger partial charge in [0.1, 0.15) is 17.2 Å². The van der Waals surface area contributed by atoms with Crippen molar-refractivity contribution in [3.63, 3.8) is 0 Å². The van der Waals surface area contributed by atoms with Gasteiger partial charge >= 0.3 is 0 Å². The lowest BCUT2D eigenvalue weighted by atomic mass is 10.0. The van der Waals surface area contributed by atoms with Crippen molar-refractivity contribution in [2.24, 2.45) is 5.73 Å². The average molecular weight is 316 g/mol. The minimum Gasteiger partial charge on any atom is -0.497 e. The van der Waals surface area contributed by atoms with Gasteiger partial charge in [-0.15, -0.1) is 0 Å². The van der Waals surface area contributed by atoms with Crippen molar-refractivity contribution in [2.75, 3.05) is 31.7 Å². The number of hydrogen-bond donors (Lipinski definition) is 3. The SMILES string of the molecule is COc1ccc(C(=O)c2nccc(N)c2N)c(OCCCN)c1. The summed E-state index contributed by atoms with van der Waals surface area (Å²) in [6.45, 7) is 0.890. The van der Waals surface area contributed by atoms with Crippen molar-refractivity contribution >= 4 is 17.2 Å². The number of aromatic nitrogens is 1. The van der Waals surface area contributed by atoms with Crippen LogP contribution in [-0.2, 0) is 0 Å². The molecule has 0 saturated carbocycles. The number of anilines is 2. The van der Waals surface area contributed by atoms with E-state index in [0.29, 0.717) is 42.3 Å². The van der Waals surface area contributed by atoms with Crippen molar-refractivity contribution in [1.29, 1.82) is 0 Å². The molecule has 2 aromatic rings. The van der Waals surface area contributed by atoms with Gasteiger partial charge in [-0.05, 0) is 31.2 Å². The third-order valence-electron chi connectivity index (χ3n) is 3.28. The van der Waals surface area contributed by atoms with E-state index >= 15 is 0 Å². The molecular weight excluding hydrogens is 296 g/mol. The van der Waals surface area contributed by atoms with Gasteiger partial charge < -0.3 is 26.7 Å². The number of nitrogens with zero attached hydrogens (tertiary/aromatic N) is 1. The molecule has 0 unspecified atom stereocenters. The molecule has 0 amide bonds. The van der Waals surface area contributed by atoms with E-state index in [1.165, 1.54) is 13.3 Å². The number of carbonyl (C=O) groups excluding carboxylic acids is 1. The van der Waals surface area contributed by atoms with Gasteiger partial charge in [0.25, 0.3) is 0 Å². The quantitative estimate of drug-likeness (QED) is 0.517. The summed E-state index contributed by atoms with van der Waals surface area (Å²) in [5, 5.41) is 0. The Hall–Kier alpha value is -2.80. The highest BCUT2D eigenvalue weighted by Gasteiger charge is 2.20. The summed E-state index contributed by atoms with van der Waals surface area (Å²) in [6, 6.07) is 6.47. The molecule has 0 bridgehead atoms. The first kappa shape index (κ1) is 16.6. The highest BCUT2D eigenvalue weighted by Crippen LogP contribution is 2.29. The molecule has 0 radical (unpaired) electrons. The first-order valence-corrected chi connectivity index (χ1v) is 7.14. The van der Waals surface area contributed by atoms with Crippen LogP contribution in [0.1, 0.15) is 22.5 Å². The Morgan fingerprint density at radius 3 is 2.74 bits per heavy atom. The van der Waals surface area contributed by atoms with E-state index in [1.54, 1.807) is 24.3 Å². The van der Waals surface area contributed by atoms with Crippen LogP contribution in [0.3, 0.4) is 0 Å². The van der Waals surface area contributed by atoms with Gasteiger partial charge in [-0.1, -0.05) is 0 Å². The summed E-state index contributed by atoms with van der Waals surface area (Å²) in [5.41, 5.74) is 18.0. The molecule has 6 N–H and O–H groups in total. The second-order valence-corrected chi connectivity index (χ2v) is 4.84. The maximum absolute atomic E-state index is 12.7. The van der Waals surface area contributed by atoms with E-state index in [4.69, 9.17) is 26.7 Å². The van der Waals surface area contributed by atoms with Gasteiger partial charge in [0.2, 0.25) is 5.78 Å². The third-order valence-corrected chi connectivity index (χ3v) is 3.28. The van der Waals surface area contributed by atoms with Crippen LogP contribution >= 0.6 is 0 Å². The second kappa shape index (κ2) is 7.46. The average Bonchev–Trinajstić information content (AvgIpc) is 2.57. The Morgan fingerprint density at radius 2 is 2.04 bits per heavy atom. The summed E-state index contributed by atoms with van der Waals surface area (Å²) >= 11 is 0. The molecular formula is C16H20N4O3. The number of benzene rings is 1.